The first kappa shape index (κ1) is 16.7. The maximum atomic E-state index is 12.7. The van der Waals surface area contributed by atoms with Crippen LogP contribution < -0.4 is 5.73 Å². The van der Waals surface area contributed by atoms with Crippen molar-refractivity contribution >= 4 is 29.7 Å². The molecule has 1 saturated carbocycles. The first-order chi connectivity index (χ1) is 9.58. The van der Waals surface area contributed by atoms with E-state index in [4.69, 9.17) is 10.5 Å². The van der Waals surface area contributed by atoms with Gasteiger partial charge in [-0.2, -0.15) is 11.3 Å². The highest BCUT2D eigenvalue weighted by Gasteiger charge is 2.42. The Hall–Kier alpha value is -0.620. The molecule has 21 heavy (non-hydrogen) atoms. The molecule has 0 bridgehead atoms. The second-order valence-corrected chi connectivity index (χ2v) is 6.85. The molecule has 6 heteroatoms. The van der Waals surface area contributed by atoms with Gasteiger partial charge in [-0.15, -0.1) is 12.4 Å². The molecule has 0 spiro atoms. The zero-order valence-corrected chi connectivity index (χ0v) is 13.9. The molecule has 0 radical (unpaired) electrons. The summed E-state index contributed by atoms with van der Waals surface area (Å²) in [4.78, 5) is 14.6. The molecule has 1 saturated heterocycles. The molecule has 1 aliphatic carbocycles. The van der Waals surface area contributed by atoms with E-state index in [1.807, 2.05) is 17.2 Å². The molecule has 0 aromatic carbocycles. The van der Waals surface area contributed by atoms with Crippen molar-refractivity contribution in [3.63, 3.8) is 0 Å². The lowest BCUT2D eigenvalue weighted by molar-refractivity contribution is -0.150. The average Bonchev–Trinajstić information content (AvgIpc) is 3.09. The summed E-state index contributed by atoms with van der Waals surface area (Å²) < 4.78 is 5.98. The van der Waals surface area contributed by atoms with E-state index >= 15 is 0 Å². The Morgan fingerprint density at radius 1 is 1.43 bits per heavy atom. The van der Waals surface area contributed by atoms with E-state index in [-0.39, 0.29) is 30.5 Å². The number of carbonyl (C=O) groups is 1. The molecule has 2 unspecified atom stereocenters. The number of carbonyl (C=O) groups excluding carboxylic acids is 1. The number of nitrogens with two attached hydrogens (primary N) is 1. The quantitative estimate of drug-likeness (QED) is 0.907. The van der Waals surface area contributed by atoms with Crippen molar-refractivity contribution in [2.45, 2.75) is 50.4 Å². The van der Waals surface area contributed by atoms with Crippen LogP contribution in [-0.4, -0.2) is 35.5 Å². The van der Waals surface area contributed by atoms with E-state index < -0.39 is 5.54 Å². The van der Waals surface area contributed by atoms with Crippen LogP contribution in [0.5, 0.6) is 0 Å². The van der Waals surface area contributed by atoms with Crippen molar-refractivity contribution in [1.82, 2.24) is 4.90 Å². The number of hydrogen-bond acceptors (Lipinski definition) is 4. The van der Waals surface area contributed by atoms with Crippen LogP contribution in [0, 0.1) is 0 Å². The van der Waals surface area contributed by atoms with Crippen LogP contribution in [0.1, 0.15) is 44.3 Å². The molecular weight excluding hydrogens is 308 g/mol. The van der Waals surface area contributed by atoms with E-state index in [0.29, 0.717) is 13.1 Å². The van der Waals surface area contributed by atoms with Gasteiger partial charge in [0.15, 0.2) is 0 Å². The normalized spacial score (nSPS) is 28.2. The summed E-state index contributed by atoms with van der Waals surface area (Å²) >= 11 is 1.66. The molecule has 2 heterocycles. The minimum Gasteiger partial charge on any atom is -0.367 e. The van der Waals surface area contributed by atoms with Crippen molar-refractivity contribution in [1.29, 1.82) is 0 Å². The third kappa shape index (κ3) is 3.42. The van der Waals surface area contributed by atoms with Gasteiger partial charge in [-0.25, -0.2) is 0 Å². The lowest BCUT2D eigenvalue weighted by Gasteiger charge is -2.40. The summed E-state index contributed by atoms with van der Waals surface area (Å²) in [6.45, 7) is 3.30. The largest absolute Gasteiger partial charge is 0.367 e. The van der Waals surface area contributed by atoms with Crippen LogP contribution in [0.15, 0.2) is 16.8 Å². The first-order valence-electron chi connectivity index (χ1n) is 7.34. The Kier molecular flexibility index (Phi) is 5.30. The molecule has 118 valence electrons. The predicted octanol–water partition coefficient (Wildman–Crippen LogP) is 2.73. The minimum absolute atomic E-state index is 0. The van der Waals surface area contributed by atoms with Gasteiger partial charge in [0.05, 0.1) is 18.2 Å². The fourth-order valence-corrected chi connectivity index (χ4v) is 4.00. The molecule has 4 nitrogen and oxygen atoms in total. The summed E-state index contributed by atoms with van der Waals surface area (Å²) in [5.74, 6) is 0.116. The van der Waals surface area contributed by atoms with Crippen molar-refractivity contribution in [2.24, 2.45) is 5.73 Å². The predicted molar refractivity (Wildman–Crippen MR) is 86.8 cm³/mol. The lowest BCUT2D eigenvalue weighted by Crippen LogP contribution is -2.57. The van der Waals surface area contributed by atoms with Crippen LogP contribution >= 0.6 is 23.7 Å². The molecular formula is C15H23ClN2O2S. The number of rotatable bonds is 2. The van der Waals surface area contributed by atoms with E-state index in [1.54, 1.807) is 11.3 Å². The smallest absolute Gasteiger partial charge is 0.242 e. The Bertz CT molecular complexity index is 474. The fourth-order valence-electron chi connectivity index (χ4n) is 3.29. The average molecular weight is 331 g/mol. The Balaban J connectivity index is 0.00000161. The van der Waals surface area contributed by atoms with E-state index in [2.05, 4.69) is 11.4 Å². The van der Waals surface area contributed by atoms with Gasteiger partial charge in [0.2, 0.25) is 5.91 Å². The van der Waals surface area contributed by atoms with Gasteiger partial charge < -0.3 is 15.4 Å². The third-order valence-corrected chi connectivity index (χ3v) is 5.09. The first-order valence-corrected chi connectivity index (χ1v) is 8.28. The minimum atomic E-state index is -0.629. The highest BCUT2D eigenvalue weighted by Crippen LogP contribution is 2.32. The van der Waals surface area contributed by atoms with E-state index in [9.17, 15) is 4.79 Å². The highest BCUT2D eigenvalue weighted by molar-refractivity contribution is 7.07. The van der Waals surface area contributed by atoms with Gasteiger partial charge >= 0.3 is 0 Å². The van der Waals surface area contributed by atoms with Crippen LogP contribution in [0.3, 0.4) is 0 Å². The number of hydrogen-bond donors (Lipinski definition) is 1. The number of morpholine rings is 1. The molecule has 2 aliphatic rings. The molecule has 1 aromatic rings. The monoisotopic (exact) mass is 330 g/mol. The zero-order chi connectivity index (χ0) is 14.2. The van der Waals surface area contributed by atoms with Gasteiger partial charge in [0, 0.05) is 6.54 Å². The number of amides is 1. The van der Waals surface area contributed by atoms with Gasteiger partial charge in [-0.3, -0.25) is 4.79 Å². The molecule has 1 aliphatic heterocycles. The van der Waals surface area contributed by atoms with Gasteiger partial charge in [-0.05, 0) is 42.2 Å². The van der Waals surface area contributed by atoms with Gasteiger partial charge in [-0.1, -0.05) is 12.8 Å². The Morgan fingerprint density at radius 2 is 2.14 bits per heavy atom. The third-order valence-electron chi connectivity index (χ3n) is 4.38. The number of ether oxygens (including phenoxy) is 1. The van der Waals surface area contributed by atoms with Crippen molar-refractivity contribution in [2.75, 3.05) is 13.1 Å². The molecule has 2 N–H and O–H groups in total. The van der Waals surface area contributed by atoms with Crippen molar-refractivity contribution < 1.29 is 9.53 Å². The maximum Gasteiger partial charge on any atom is 0.242 e. The number of nitrogens with zero attached hydrogens (tertiary/aromatic N) is 1. The maximum absolute atomic E-state index is 12.7. The lowest BCUT2D eigenvalue weighted by atomic mass is 9.96. The summed E-state index contributed by atoms with van der Waals surface area (Å²) in [5.41, 5.74) is 6.85. The van der Waals surface area contributed by atoms with Crippen molar-refractivity contribution in [3.05, 3.63) is 22.4 Å². The topological polar surface area (TPSA) is 55.6 Å². The zero-order valence-electron chi connectivity index (χ0n) is 12.3. The molecule has 2 fully saturated rings. The van der Waals surface area contributed by atoms with Crippen molar-refractivity contribution in [3.8, 4) is 0 Å². The second kappa shape index (κ2) is 6.65. The molecule has 2 atom stereocenters. The summed E-state index contributed by atoms with van der Waals surface area (Å²) in [5, 5.41) is 4.14. The van der Waals surface area contributed by atoms with Gasteiger partial charge in [0.25, 0.3) is 0 Å². The highest BCUT2D eigenvalue weighted by atomic mass is 35.5. The van der Waals surface area contributed by atoms with Crippen LogP contribution in [0.25, 0.3) is 0 Å². The van der Waals surface area contributed by atoms with E-state index in [1.165, 1.54) is 0 Å². The van der Waals surface area contributed by atoms with Crippen LogP contribution in [0.2, 0.25) is 0 Å². The SMILES string of the molecule is CC1CN(C(=O)C2(N)CCCC2)CC(c2ccsc2)O1.Cl. The Labute approximate surface area is 136 Å². The van der Waals surface area contributed by atoms with Gasteiger partial charge in [0.1, 0.15) is 6.10 Å². The fraction of sp³-hybridized carbons (Fsp3) is 0.667. The summed E-state index contributed by atoms with van der Waals surface area (Å²) in [7, 11) is 0. The second-order valence-electron chi connectivity index (χ2n) is 6.07. The van der Waals surface area contributed by atoms with Crippen LogP contribution in [0.4, 0.5) is 0 Å². The number of halogens is 1. The summed E-state index contributed by atoms with van der Waals surface area (Å²) in [6, 6.07) is 2.07. The molecule has 1 amide bonds. The molecule has 3 rings (SSSR count). The Morgan fingerprint density at radius 3 is 2.76 bits per heavy atom. The van der Waals surface area contributed by atoms with E-state index in [0.717, 1.165) is 31.2 Å². The number of thiophene rings is 1. The summed E-state index contributed by atoms with van der Waals surface area (Å²) in [6.07, 6.45) is 3.81. The molecule has 1 aromatic heterocycles. The standard InChI is InChI=1S/C15H22N2O2S.ClH/c1-11-8-17(14(18)15(16)5-2-3-6-15)9-13(19-11)12-4-7-20-10-12;/h4,7,10-11,13H,2-3,5-6,8-9,16H2,1H3;1H. The van der Waals surface area contributed by atoms with Crippen LogP contribution in [-0.2, 0) is 9.53 Å².